The molecular formula is C46H72N3O3+. The number of hydrogen-bond acceptors (Lipinski definition) is 3. The monoisotopic (exact) mass is 715 g/mol. The van der Waals surface area contributed by atoms with Crippen LogP contribution >= 0.6 is 0 Å². The fourth-order valence-electron chi connectivity index (χ4n) is 9.50. The highest BCUT2D eigenvalue weighted by Crippen LogP contribution is 2.39. The summed E-state index contributed by atoms with van der Waals surface area (Å²) in [6.45, 7) is 8.86. The van der Waals surface area contributed by atoms with Gasteiger partial charge < -0.3 is 11.1 Å². The van der Waals surface area contributed by atoms with Crippen LogP contribution < -0.4 is 11.1 Å². The van der Waals surface area contributed by atoms with E-state index < -0.39 is 0 Å². The van der Waals surface area contributed by atoms with Gasteiger partial charge in [-0.2, -0.15) is 0 Å². The van der Waals surface area contributed by atoms with Crippen LogP contribution in [-0.2, 0) is 0 Å². The molecule has 0 bridgehead atoms. The quantitative estimate of drug-likeness (QED) is 0.151. The summed E-state index contributed by atoms with van der Waals surface area (Å²) in [7, 11) is 0. The summed E-state index contributed by atoms with van der Waals surface area (Å²) >= 11 is 0. The molecule has 0 atom stereocenters. The first-order valence-corrected chi connectivity index (χ1v) is 21.8. The van der Waals surface area contributed by atoms with Gasteiger partial charge in [-0.15, -0.1) is 0 Å². The molecule has 2 aromatic rings. The summed E-state index contributed by atoms with van der Waals surface area (Å²) < 4.78 is 0. The molecule has 6 rings (SSSR count). The molecule has 0 aromatic heterocycles. The molecule has 3 fully saturated rings. The first-order chi connectivity index (χ1) is 25.2. The van der Waals surface area contributed by atoms with E-state index in [4.69, 9.17) is 0 Å². The molecule has 6 heteroatoms. The van der Waals surface area contributed by atoms with Crippen LogP contribution in [0.5, 0.6) is 0 Å². The maximum absolute atomic E-state index is 13.9. The van der Waals surface area contributed by atoms with E-state index in [1.54, 1.807) is 11.0 Å². The summed E-state index contributed by atoms with van der Waals surface area (Å²) in [5.74, 6) is 1.92. The number of hydrogen-bond donors (Lipinski definition) is 2. The van der Waals surface area contributed by atoms with Gasteiger partial charge in [0, 0.05) is 34.2 Å². The van der Waals surface area contributed by atoms with Gasteiger partial charge in [0.1, 0.15) is 0 Å². The van der Waals surface area contributed by atoms with Gasteiger partial charge in [0.25, 0.3) is 17.7 Å². The highest BCUT2D eigenvalue weighted by Gasteiger charge is 2.40. The largest absolute Gasteiger partial charge is 0.355 e. The van der Waals surface area contributed by atoms with Crippen molar-refractivity contribution in [1.82, 2.24) is 10.2 Å². The molecule has 4 N–H and O–H groups in total. The van der Waals surface area contributed by atoms with Crippen LogP contribution in [0.3, 0.4) is 0 Å². The number of rotatable bonds is 14. The Morgan fingerprint density at radius 2 is 1.19 bits per heavy atom. The Balaban J connectivity index is 0.000000577. The zero-order valence-electron chi connectivity index (χ0n) is 33.4. The van der Waals surface area contributed by atoms with E-state index in [0.29, 0.717) is 33.9 Å². The average Bonchev–Trinajstić information content (AvgIpc) is 3.14. The van der Waals surface area contributed by atoms with Gasteiger partial charge in [-0.05, 0) is 131 Å². The van der Waals surface area contributed by atoms with Crippen molar-refractivity contribution in [3.8, 4) is 0 Å². The first kappa shape index (κ1) is 40.5. The third-order valence-electron chi connectivity index (χ3n) is 13.1. The number of benzene rings is 2. The number of amides is 3. The number of aryl methyl sites for hydroxylation is 1. The minimum Gasteiger partial charge on any atom is -0.355 e. The zero-order valence-corrected chi connectivity index (χ0v) is 33.4. The van der Waals surface area contributed by atoms with Gasteiger partial charge in [-0.3, -0.25) is 19.3 Å². The number of unbranched alkanes of at least 4 members (excludes halogenated alkanes) is 9. The minimum absolute atomic E-state index is 0.0415. The molecule has 4 aliphatic rings. The first-order valence-electron chi connectivity index (χ1n) is 21.8. The minimum atomic E-state index is -0.190. The van der Waals surface area contributed by atoms with E-state index in [-0.39, 0.29) is 29.8 Å². The maximum atomic E-state index is 13.9. The molecule has 52 heavy (non-hydrogen) atoms. The van der Waals surface area contributed by atoms with E-state index >= 15 is 0 Å². The van der Waals surface area contributed by atoms with E-state index in [1.165, 1.54) is 96.3 Å². The van der Waals surface area contributed by atoms with Gasteiger partial charge in [-0.1, -0.05) is 97.5 Å². The number of quaternary nitrogens is 1. The lowest BCUT2D eigenvalue weighted by atomic mass is 9.81. The van der Waals surface area contributed by atoms with E-state index in [1.807, 2.05) is 25.1 Å². The lowest BCUT2D eigenvalue weighted by Gasteiger charge is -2.38. The molecule has 3 aliphatic carbocycles. The van der Waals surface area contributed by atoms with Crippen LogP contribution in [0.4, 0.5) is 0 Å². The third kappa shape index (κ3) is 10.7. The molecule has 0 spiro atoms. The lowest BCUT2D eigenvalue weighted by Crippen LogP contribution is -2.61. The summed E-state index contributed by atoms with van der Waals surface area (Å²) in [6, 6.07) is 8.32. The van der Waals surface area contributed by atoms with Crippen LogP contribution in [0, 0.1) is 24.7 Å². The van der Waals surface area contributed by atoms with Crippen LogP contribution in [0.2, 0.25) is 0 Å². The summed E-state index contributed by atoms with van der Waals surface area (Å²) in [4.78, 5) is 42.9. The zero-order chi connectivity index (χ0) is 37.0. The molecule has 1 aliphatic heterocycles. The highest BCUT2D eigenvalue weighted by molar-refractivity contribution is 6.28. The second-order valence-electron chi connectivity index (χ2n) is 17.5. The van der Waals surface area contributed by atoms with Gasteiger partial charge in [-0.25, -0.2) is 0 Å². The van der Waals surface area contributed by atoms with Crippen molar-refractivity contribution < 1.29 is 20.1 Å². The topological polar surface area (TPSA) is 94.1 Å². The Hall–Kier alpha value is -2.73. The molecule has 1 heterocycles. The predicted octanol–water partition coefficient (Wildman–Crippen LogP) is 10.7. The van der Waals surface area contributed by atoms with E-state index in [0.717, 1.165) is 74.3 Å². The van der Waals surface area contributed by atoms with Crippen LogP contribution in [0.15, 0.2) is 24.3 Å². The normalized spacial score (nSPS) is 26.2. The fourth-order valence-corrected chi connectivity index (χ4v) is 9.50. The Morgan fingerprint density at radius 1 is 0.673 bits per heavy atom. The Kier molecular flexibility index (Phi) is 15.6. The SMILES string of the molecule is CC1CCC([NH3+])CC1.CCCCCCCCCCCCC1CCC(N2C(=O)c3ccc(C)c4c(C(=O)NC5CCC(C)CC5)ccc(c34)C2=O)CC1. The highest BCUT2D eigenvalue weighted by atomic mass is 16.2. The Morgan fingerprint density at radius 3 is 1.75 bits per heavy atom. The van der Waals surface area contributed by atoms with Crippen molar-refractivity contribution in [3.63, 3.8) is 0 Å². The summed E-state index contributed by atoms with van der Waals surface area (Å²) in [5, 5.41) is 4.67. The number of carbonyl (C=O) groups is 3. The fraction of sp³-hybridized carbons (Fsp3) is 0.717. The second kappa shape index (κ2) is 20.1. The Bertz CT molecular complexity index is 1430. The number of nitrogens with one attached hydrogen (secondary N) is 1. The molecular weight excluding hydrogens is 643 g/mol. The van der Waals surface area contributed by atoms with Crippen molar-refractivity contribution in [1.29, 1.82) is 0 Å². The van der Waals surface area contributed by atoms with Crippen molar-refractivity contribution in [3.05, 3.63) is 46.5 Å². The molecule has 3 amide bonds. The van der Waals surface area contributed by atoms with Gasteiger partial charge in [0.05, 0.1) is 6.04 Å². The number of imide groups is 1. The van der Waals surface area contributed by atoms with Gasteiger partial charge in [0.2, 0.25) is 0 Å². The third-order valence-corrected chi connectivity index (χ3v) is 13.1. The lowest BCUT2D eigenvalue weighted by molar-refractivity contribution is -0.426. The molecule has 0 unspecified atom stereocenters. The van der Waals surface area contributed by atoms with Crippen LogP contribution in [0.1, 0.15) is 205 Å². The van der Waals surface area contributed by atoms with Gasteiger partial charge in [0.15, 0.2) is 0 Å². The maximum Gasteiger partial charge on any atom is 0.261 e. The second-order valence-corrected chi connectivity index (χ2v) is 17.5. The predicted molar refractivity (Wildman–Crippen MR) is 215 cm³/mol. The molecule has 0 radical (unpaired) electrons. The molecule has 6 nitrogen and oxygen atoms in total. The van der Waals surface area contributed by atoms with Gasteiger partial charge >= 0.3 is 0 Å². The number of nitrogens with zero attached hydrogens (tertiary/aromatic N) is 1. The Labute approximate surface area is 315 Å². The van der Waals surface area contributed by atoms with Crippen molar-refractivity contribution in [2.24, 2.45) is 17.8 Å². The summed E-state index contributed by atoms with van der Waals surface area (Å²) in [5.41, 5.74) is 6.66. The molecule has 3 saturated carbocycles. The van der Waals surface area contributed by atoms with Crippen molar-refractivity contribution in [2.75, 3.05) is 0 Å². The average molecular weight is 715 g/mol. The van der Waals surface area contributed by atoms with Crippen LogP contribution in [0.25, 0.3) is 10.8 Å². The van der Waals surface area contributed by atoms with E-state index in [9.17, 15) is 14.4 Å². The van der Waals surface area contributed by atoms with E-state index in [2.05, 4.69) is 31.8 Å². The van der Waals surface area contributed by atoms with Crippen molar-refractivity contribution >= 4 is 28.5 Å². The summed E-state index contributed by atoms with van der Waals surface area (Å²) in [6.07, 6.45) is 28.7. The van der Waals surface area contributed by atoms with Crippen LogP contribution in [-0.4, -0.2) is 40.7 Å². The van der Waals surface area contributed by atoms with Crippen molar-refractivity contribution in [2.45, 2.75) is 193 Å². The number of carbonyl (C=O) groups excluding carboxylic acids is 3. The molecule has 2 aromatic carbocycles. The molecule has 288 valence electrons. The standard InChI is InChI=1S/C39H56N2O3.C7H15N/c1-4-5-6-7-8-9-10-11-12-13-14-29-18-22-31(23-19-29)41-38(43)33-24-17-28(3)35-32(25-26-34(36(33)35)39(41)44)37(42)40-30-20-15-27(2)16-21-30;1-6-2-4-7(8)5-3-6/h17,24-27,29-31H,4-16,18-23H2,1-3H3,(H,40,42);6-7H,2-5,8H2,1H3/p+1. The smallest absolute Gasteiger partial charge is 0.261 e. The molecule has 0 saturated heterocycles.